The van der Waals surface area contributed by atoms with Crippen molar-refractivity contribution in [2.45, 2.75) is 24.7 Å². The molecule has 0 aliphatic carbocycles. The van der Waals surface area contributed by atoms with Crippen LogP contribution in [0.5, 0.6) is 0 Å². The standard InChI is InChI=1S/C9H12FNO2S/c1-2-3-7-4-5-9(8(10)6-7)14(11,12)13/h4-6H,2-3H2,1H3,(H2,11,12,13). The number of sulfonamides is 1. The second kappa shape index (κ2) is 4.06. The summed E-state index contributed by atoms with van der Waals surface area (Å²) in [5.74, 6) is -0.779. The highest BCUT2D eigenvalue weighted by molar-refractivity contribution is 7.89. The Morgan fingerprint density at radius 2 is 2.07 bits per heavy atom. The molecule has 0 aromatic heterocycles. The molecule has 0 aliphatic heterocycles. The highest BCUT2D eigenvalue weighted by Crippen LogP contribution is 2.15. The molecule has 0 bridgehead atoms. The molecular weight excluding hydrogens is 205 g/mol. The van der Waals surface area contributed by atoms with Crippen molar-refractivity contribution in [1.29, 1.82) is 0 Å². The zero-order valence-electron chi connectivity index (χ0n) is 7.83. The first-order valence-electron chi connectivity index (χ1n) is 4.26. The van der Waals surface area contributed by atoms with E-state index < -0.39 is 20.7 Å². The number of aryl methyl sites for hydroxylation is 1. The number of benzene rings is 1. The van der Waals surface area contributed by atoms with Crippen molar-refractivity contribution in [3.05, 3.63) is 29.6 Å². The average molecular weight is 217 g/mol. The Labute approximate surface area is 82.8 Å². The summed E-state index contributed by atoms with van der Waals surface area (Å²) in [5.41, 5.74) is 0.775. The van der Waals surface area contributed by atoms with Crippen LogP contribution in [0.2, 0.25) is 0 Å². The van der Waals surface area contributed by atoms with E-state index in [1.165, 1.54) is 12.1 Å². The minimum absolute atomic E-state index is 0.447. The van der Waals surface area contributed by atoms with Gasteiger partial charge in [0.25, 0.3) is 0 Å². The predicted octanol–water partition coefficient (Wildman–Crippen LogP) is 1.43. The Bertz CT molecular complexity index is 428. The zero-order chi connectivity index (χ0) is 10.8. The Morgan fingerprint density at radius 1 is 1.43 bits per heavy atom. The fourth-order valence-electron chi connectivity index (χ4n) is 1.22. The highest BCUT2D eigenvalue weighted by Gasteiger charge is 2.13. The molecule has 0 amide bonds. The van der Waals surface area contributed by atoms with Gasteiger partial charge in [0.05, 0.1) is 0 Å². The maximum Gasteiger partial charge on any atom is 0.240 e. The Balaban J connectivity index is 3.15. The summed E-state index contributed by atoms with van der Waals surface area (Å²) < 4.78 is 34.9. The maximum absolute atomic E-state index is 13.2. The molecule has 0 fully saturated rings. The van der Waals surface area contributed by atoms with Crippen LogP contribution < -0.4 is 5.14 Å². The van der Waals surface area contributed by atoms with Crippen molar-refractivity contribution in [3.8, 4) is 0 Å². The first-order chi connectivity index (χ1) is 6.45. The monoisotopic (exact) mass is 217 g/mol. The van der Waals surface area contributed by atoms with E-state index in [0.29, 0.717) is 0 Å². The molecule has 5 heteroatoms. The van der Waals surface area contributed by atoms with Crippen LogP contribution in [0.1, 0.15) is 18.9 Å². The van der Waals surface area contributed by atoms with Gasteiger partial charge in [-0.2, -0.15) is 0 Å². The smallest absolute Gasteiger partial charge is 0.225 e. The summed E-state index contributed by atoms with van der Waals surface area (Å²) in [6, 6.07) is 3.99. The second-order valence-electron chi connectivity index (χ2n) is 3.06. The van der Waals surface area contributed by atoms with Gasteiger partial charge in [-0.25, -0.2) is 17.9 Å². The van der Waals surface area contributed by atoms with Crippen LogP contribution in [0, 0.1) is 5.82 Å². The number of hydrogen-bond donors (Lipinski definition) is 1. The number of nitrogens with two attached hydrogens (primary N) is 1. The van der Waals surface area contributed by atoms with Gasteiger partial charge < -0.3 is 0 Å². The van der Waals surface area contributed by atoms with Gasteiger partial charge in [0.2, 0.25) is 10.0 Å². The molecule has 3 nitrogen and oxygen atoms in total. The van der Waals surface area contributed by atoms with Gasteiger partial charge in [-0.05, 0) is 24.1 Å². The van der Waals surface area contributed by atoms with Crippen LogP contribution >= 0.6 is 0 Å². The Morgan fingerprint density at radius 3 is 2.50 bits per heavy atom. The fourth-order valence-corrected chi connectivity index (χ4v) is 1.81. The van der Waals surface area contributed by atoms with Gasteiger partial charge in [-0.3, -0.25) is 0 Å². The van der Waals surface area contributed by atoms with Crippen LogP contribution in [0.15, 0.2) is 23.1 Å². The zero-order valence-corrected chi connectivity index (χ0v) is 8.64. The topological polar surface area (TPSA) is 60.2 Å². The fraction of sp³-hybridized carbons (Fsp3) is 0.333. The van der Waals surface area contributed by atoms with E-state index in [9.17, 15) is 12.8 Å². The molecule has 0 saturated heterocycles. The van der Waals surface area contributed by atoms with Crippen molar-refractivity contribution in [3.63, 3.8) is 0 Å². The highest BCUT2D eigenvalue weighted by atomic mass is 32.2. The Kier molecular flexibility index (Phi) is 3.23. The lowest BCUT2D eigenvalue weighted by Gasteiger charge is -2.03. The van der Waals surface area contributed by atoms with E-state index >= 15 is 0 Å². The quantitative estimate of drug-likeness (QED) is 0.832. The molecular formula is C9H12FNO2S. The maximum atomic E-state index is 13.2. The van der Waals surface area contributed by atoms with Crippen LogP contribution in [-0.2, 0) is 16.4 Å². The first kappa shape index (κ1) is 11.1. The van der Waals surface area contributed by atoms with E-state index in [4.69, 9.17) is 5.14 Å². The number of primary sulfonamides is 1. The first-order valence-corrected chi connectivity index (χ1v) is 5.81. The minimum atomic E-state index is -3.94. The molecule has 0 heterocycles. The lowest BCUT2D eigenvalue weighted by molar-refractivity contribution is 0.566. The van der Waals surface area contributed by atoms with E-state index in [0.717, 1.165) is 18.4 Å². The van der Waals surface area contributed by atoms with Crippen molar-refractivity contribution in [2.24, 2.45) is 5.14 Å². The third-order valence-corrected chi connectivity index (χ3v) is 2.79. The van der Waals surface area contributed by atoms with Gasteiger partial charge in [0.1, 0.15) is 10.7 Å². The molecule has 0 spiro atoms. The number of hydrogen-bond acceptors (Lipinski definition) is 2. The summed E-state index contributed by atoms with van der Waals surface area (Å²) in [6.07, 6.45) is 1.61. The predicted molar refractivity (Wildman–Crippen MR) is 51.8 cm³/mol. The number of rotatable bonds is 3. The van der Waals surface area contributed by atoms with Crippen molar-refractivity contribution in [1.82, 2.24) is 0 Å². The van der Waals surface area contributed by atoms with E-state index in [1.807, 2.05) is 6.92 Å². The summed E-state index contributed by atoms with van der Waals surface area (Å²) in [4.78, 5) is -0.447. The summed E-state index contributed by atoms with van der Waals surface area (Å²) in [7, 11) is -3.94. The molecule has 0 saturated carbocycles. The third kappa shape index (κ3) is 2.52. The van der Waals surface area contributed by atoms with Gasteiger partial charge in [-0.1, -0.05) is 19.4 Å². The molecule has 0 unspecified atom stereocenters. The van der Waals surface area contributed by atoms with Crippen molar-refractivity contribution < 1.29 is 12.8 Å². The second-order valence-corrected chi connectivity index (χ2v) is 4.59. The molecule has 0 aliphatic rings. The molecule has 14 heavy (non-hydrogen) atoms. The van der Waals surface area contributed by atoms with Crippen LogP contribution in [0.4, 0.5) is 4.39 Å². The van der Waals surface area contributed by atoms with E-state index in [2.05, 4.69) is 0 Å². The van der Waals surface area contributed by atoms with Gasteiger partial charge >= 0.3 is 0 Å². The number of halogens is 1. The normalized spacial score (nSPS) is 11.6. The minimum Gasteiger partial charge on any atom is -0.225 e. The molecule has 1 aromatic rings. The molecule has 0 radical (unpaired) electrons. The van der Waals surface area contributed by atoms with Crippen LogP contribution in [-0.4, -0.2) is 8.42 Å². The molecule has 1 aromatic carbocycles. The summed E-state index contributed by atoms with van der Waals surface area (Å²) in [5, 5.41) is 4.81. The van der Waals surface area contributed by atoms with Crippen LogP contribution in [0.3, 0.4) is 0 Å². The van der Waals surface area contributed by atoms with Gasteiger partial charge in [0.15, 0.2) is 0 Å². The molecule has 78 valence electrons. The van der Waals surface area contributed by atoms with Crippen molar-refractivity contribution >= 4 is 10.0 Å². The average Bonchev–Trinajstić information content (AvgIpc) is 2.02. The molecule has 1 rings (SSSR count). The summed E-state index contributed by atoms with van der Waals surface area (Å²) >= 11 is 0. The van der Waals surface area contributed by atoms with Gasteiger partial charge in [0, 0.05) is 0 Å². The lowest BCUT2D eigenvalue weighted by atomic mass is 10.1. The summed E-state index contributed by atoms with van der Waals surface area (Å²) in [6.45, 7) is 1.96. The molecule has 2 N–H and O–H groups in total. The SMILES string of the molecule is CCCc1ccc(S(N)(=O)=O)c(F)c1. The van der Waals surface area contributed by atoms with Crippen LogP contribution in [0.25, 0.3) is 0 Å². The van der Waals surface area contributed by atoms with E-state index in [1.54, 1.807) is 6.07 Å². The Hall–Kier alpha value is -0.940. The lowest BCUT2D eigenvalue weighted by Crippen LogP contribution is -2.14. The third-order valence-electron chi connectivity index (χ3n) is 1.84. The largest absolute Gasteiger partial charge is 0.240 e. The molecule has 0 atom stereocenters. The van der Waals surface area contributed by atoms with E-state index in [-0.39, 0.29) is 0 Å². The van der Waals surface area contributed by atoms with Crippen molar-refractivity contribution in [2.75, 3.05) is 0 Å². The van der Waals surface area contributed by atoms with Gasteiger partial charge in [-0.15, -0.1) is 0 Å².